The molecule has 0 atom stereocenters. The molecule has 2 aromatic carbocycles. The lowest BCUT2D eigenvalue weighted by molar-refractivity contribution is -0.114. The van der Waals surface area contributed by atoms with Gasteiger partial charge >= 0.3 is 0 Å². The Kier molecular flexibility index (Phi) is 5.45. The van der Waals surface area contributed by atoms with E-state index in [1.165, 1.54) is 6.92 Å². The molecule has 148 valence electrons. The van der Waals surface area contributed by atoms with Gasteiger partial charge in [-0.15, -0.1) is 0 Å². The summed E-state index contributed by atoms with van der Waals surface area (Å²) in [6.45, 7) is 5.04. The molecule has 8 heteroatoms. The molecule has 0 spiro atoms. The summed E-state index contributed by atoms with van der Waals surface area (Å²) in [5.74, 6) is -1.45. The molecule has 0 saturated heterocycles. The van der Waals surface area contributed by atoms with Crippen LogP contribution in [-0.4, -0.2) is 26.7 Å². The Hall–Kier alpha value is -3.94. The van der Waals surface area contributed by atoms with Crippen LogP contribution in [-0.2, 0) is 4.79 Å². The lowest BCUT2D eigenvalue weighted by atomic mass is 10.1. The monoisotopic (exact) mass is 392 g/mol. The van der Waals surface area contributed by atoms with Crippen molar-refractivity contribution in [3.05, 3.63) is 75.7 Å². The highest BCUT2D eigenvalue weighted by Gasteiger charge is 2.18. The predicted octanol–water partition coefficient (Wildman–Crippen LogP) is 2.77. The number of anilines is 2. The molecular formula is C21H20N4O4. The fourth-order valence-corrected chi connectivity index (χ4v) is 2.77. The lowest BCUT2D eigenvalue weighted by Gasteiger charge is -2.12. The number of aromatic hydroxyl groups is 1. The highest BCUT2D eigenvalue weighted by molar-refractivity contribution is 6.05. The van der Waals surface area contributed by atoms with Gasteiger partial charge in [0.1, 0.15) is 0 Å². The fourth-order valence-electron chi connectivity index (χ4n) is 2.77. The van der Waals surface area contributed by atoms with Crippen LogP contribution in [0.4, 0.5) is 11.4 Å². The van der Waals surface area contributed by atoms with Gasteiger partial charge in [-0.05, 0) is 49.2 Å². The Bertz CT molecular complexity index is 1170. The average Bonchev–Trinajstić information content (AvgIpc) is 2.64. The van der Waals surface area contributed by atoms with Gasteiger partial charge in [-0.1, -0.05) is 18.2 Å². The molecule has 0 radical (unpaired) electrons. The molecule has 0 aliphatic rings. The quantitative estimate of drug-likeness (QED) is 0.632. The molecule has 0 saturated carbocycles. The predicted molar refractivity (Wildman–Crippen MR) is 110 cm³/mol. The Labute approximate surface area is 166 Å². The van der Waals surface area contributed by atoms with Crippen molar-refractivity contribution in [1.82, 2.24) is 9.78 Å². The number of hydrogen-bond donors (Lipinski definition) is 3. The summed E-state index contributed by atoms with van der Waals surface area (Å²) in [5.41, 5.74) is 2.24. The molecule has 3 N–H and O–H groups in total. The minimum absolute atomic E-state index is 0.240. The minimum Gasteiger partial charge on any atom is -0.505 e. The largest absolute Gasteiger partial charge is 0.505 e. The standard InChI is InChI=1S/C21H20N4O4/c1-12-5-4-6-16(9-12)25-19(28)11-18(27)20(24-25)21(29)23-17-10-15(22-14(3)26)8-7-13(17)2/h4-11,27H,1-3H3,(H,22,26)(H,23,29). The van der Waals surface area contributed by atoms with E-state index < -0.39 is 17.2 Å². The van der Waals surface area contributed by atoms with Gasteiger partial charge in [0.05, 0.1) is 5.69 Å². The Balaban J connectivity index is 1.97. The van der Waals surface area contributed by atoms with Crippen molar-refractivity contribution in [2.75, 3.05) is 10.6 Å². The van der Waals surface area contributed by atoms with Crippen molar-refractivity contribution in [1.29, 1.82) is 0 Å². The zero-order chi connectivity index (χ0) is 21.1. The van der Waals surface area contributed by atoms with E-state index in [1.807, 2.05) is 13.0 Å². The number of aromatic nitrogens is 2. The first-order valence-corrected chi connectivity index (χ1v) is 8.84. The molecular weight excluding hydrogens is 372 g/mol. The van der Waals surface area contributed by atoms with Gasteiger partial charge in [0.2, 0.25) is 5.91 Å². The zero-order valence-electron chi connectivity index (χ0n) is 16.2. The molecule has 0 fully saturated rings. The maximum Gasteiger partial charge on any atom is 0.280 e. The minimum atomic E-state index is -0.688. The highest BCUT2D eigenvalue weighted by atomic mass is 16.3. The van der Waals surface area contributed by atoms with Gasteiger partial charge in [0.25, 0.3) is 11.5 Å². The first kappa shape index (κ1) is 19.8. The molecule has 8 nitrogen and oxygen atoms in total. The highest BCUT2D eigenvalue weighted by Crippen LogP contribution is 2.22. The molecule has 29 heavy (non-hydrogen) atoms. The van der Waals surface area contributed by atoms with Gasteiger partial charge < -0.3 is 15.7 Å². The molecule has 3 rings (SSSR count). The summed E-state index contributed by atoms with van der Waals surface area (Å²) in [5, 5.41) is 19.5. The van der Waals surface area contributed by atoms with Crippen LogP contribution in [0.25, 0.3) is 5.69 Å². The summed E-state index contributed by atoms with van der Waals surface area (Å²) in [6, 6.07) is 13.1. The van der Waals surface area contributed by atoms with Gasteiger partial charge in [-0.2, -0.15) is 9.78 Å². The van der Waals surface area contributed by atoms with E-state index in [0.29, 0.717) is 17.1 Å². The number of nitrogens with zero attached hydrogens (tertiary/aromatic N) is 2. The molecule has 0 aliphatic heterocycles. The molecule has 3 aromatic rings. The second-order valence-electron chi connectivity index (χ2n) is 6.63. The molecule has 2 amide bonds. The maximum atomic E-state index is 12.7. The van der Waals surface area contributed by atoms with E-state index in [4.69, 9.17) is 0 Å². The number of carbonyl (C=O) groups is 2. The summed E-state index contributed by atoms with van der Waals surface area (Å²) < 4.78 is 1.06. The second kappa shape index (κ2) is 7.97. The van der Waals surface area contributed by atoms with Crippen LogP contribution in [0.15, 0.2) is 53.3 Å². The Morgan fingerprint density at radius 1 is 1.03 bits per heavy atom. The third kappa shape index (κ3) is 4.49. The van der Waals surface area contributed by atoms with E-state index >= 15 is 0 Å². The van der Waals surface area contributed by atoms with Crippen LogP contribution in [0, 0.1) is 13.8 Å². The number of carbonyl (C=O) groups excluding carboxylic acids is 2. The molecule has 1 heterocycles. The van der Waals surface area contributed by atoms with Gasteiger partial charge in [0, 0.05) is 24.4 Å². The maximum absolute atomic E-state index is 12.7. The number of benzene rings is 2. The van der Waals surface area contributed by atoms with E-state index in [9.17, 15) is 19.5 Å². The summed E-state index contributed by atoms with van der Waals surface area (Å²) >= 11 is 0. The van der Waals surface area contributed by atoms with E-state index in [0.717, 1.165) is 21.9 Å². The van der Waals surface area contributed by atoms with Crippen LogP contribution in [0.1, 0.15) is 28.5 Å². The third-order valence-corrected chi connectivity index (χ3v) is 4.18. The van der Waals surface area contributed by atoms with E-state index in [1.54, 1.807) is 43.3 Å². The first-order valence-electron chi connectivity index (χ1n) is 8.84. The Morgan fingerprint density at radius 3 is 2.48 bits per heavy atom. The van der Waals surface area contributed by atoms with Gasteiger partial charge in [0.15, 0.2) is 11.4 Å². The van der Waals surface area contributed by atoms with Crippen molar-refractivity contribution in [3.8, 4) is 11.4 Å². The Morgan fingerprint density at radius 2 is 1.79 bits per heavy atom. The summed E-state index contributed by atoms with van der Waals surface area (Å²) in [4.78, 5) is 36.3. The SMILES string of the molecule is CC(=O)Nc1ccc(C)c(NC(=O)c2nn(-c3cccc(C)c3)c(=O)cc2O)c1. The molecule has 0 unspecified atom stereocenters. The first-order chi connectivity index (χ1) is 13.7. The normalized spacial score (nSPS) is 10.4. The molecule has 0 aliphatic carbocycles. The van der Waals surface area contributed by atoms with E-state index in [-0.39, 0.29) is 11.6 Å². The number of amides is 2. The second-order valence-corrected chi connectivity index (χ2v) is 6.63. The average molecular weight is 392 g/mol. The van der Waals surface area contributed by atoms with Crippen molar-refractivity contribution in [2.45, 2.75) is 20.8 Å². The topological polar surface area (TPSA) is 113 Å². The number of nitrogens with one attached hydrogen (secondary N) is 2. The summed E-state index contributed by atoms with van der Waals surface area (Å²) in [6.07, 6.45) is 0. The fraction of sp³-hybridized carbons (Fsp3) is 0.143. The van der Waals surface area contributed by atoms with Crippen LogP contribution in [0.5, 0.6) is 5.75 Å². The number of rotatable bonds is 4. The van der Waals surface area contributed by atoms with Crippen LogP contribution in [0.3, 0.4) is 0 Å². The summed E-state index contributed by atoms with van der Waals surface area (Å²) in [7, 11) is 0. The zero-order valence-corrected chi connectivity index (χ0v) is 16.2. The number of aryl methyl sites for hydroxylation is 2. The van der Waals surface area contributed by atoms with Gasteiger partial charge in [-0.3, -0.25) is 14.4 Å². The van der Waals surface area contributed by atoms with Crippen molar-refractivity contribution in [3.63, 3.8) is 0 Å². The van der Waals surface area contributed by atoms with Crippen LogP contribution >= 0.6 is 0 Å². The van der Waals surface area contributed by atoms with Crippen LogP contribution in [0.2, 0.25) is 0 Å². The van der Waals surface area contributed by atoms with Crippen molar-refractivity contribution < 1.29 is 14.7 Å². The van der Waals surface area contributed by atoms with Crippen LogP contribution < -0.4 is 16.2 Å². The van der Waals surface area contributed by atoms with Crippen molar-refractivity contribution >= 4 is 23.2 Å². The smallest absolute Gasteiger partial charge is 0.280 e. The van der Waals surface area contributed by atoms with Crippen molar-refractivity contribution in [2.24, 2.45) is 0 Å². The lowest BCUT2D eigenvalue weighted by Crippen LogP contribution is -2.25. The molecule has 1 aromatic heterocycles. The van der Waals surface area contributed by atoms with Gasteiger partial charge in [-0.25, -0.2) is 0 Å². The third-order valence-electron chi connectivity index (χ3n) is 4.18. The van der Waals surface area contributed by atoms with E-state index in [2.05, 4.69) is 15.7 Å². The molecule has 0 bridgehead atoms. The number of hydrogen-bond acceptors (Lipinski definition) is 5.